The third-order valence-corrected chi connectivity index (χ3v) is 4.66. The van der Waals surface area contributed by atoms with E-state index < -0.39 is 0 Å². The molecule has 0 aliphatic heterocycles. The van der Waals surface area contributed by atoms with Crippen molar-refractivity contribution in [3.63, 3.8) is 0 Å². The molecule has 0 aliphatic carbocycles. The number of rotatable bonds is 8. The van der Waals surface area contributed by atoms with Crippen molar-refractivity contribution in [2.24, 2.45) is 0 Å². The van der Waals surface area contributed by atoms with Gasteiger partial charge in [0.25, 0.3) is 0 Å². The van der Waals surface area contributed by atoms with Gasteiger partial charge in [-0.1, -0.05) is 18.2 Å². The lowest BCUT2D eigenvalue weighted by atomic mass is 10.0. The third-order valence-electron chi connectivity index (χ3n) is 3.72. The Morgan fingerprint density at radius 3 is 2.76 bits per heavy atom. The Morgan fingerprint density at radius 1 is 1.24 bits per heavy atom. The molecule has 0 aliphatic rings. The molecule has 2 aromatic rings. The molecule has 0 amide bonds. The predicted octanol–water partition coefficient (Wildman–Crippen LogP) is 3.71. The van der Waals surface area contributed by atoms with E-state index in [9.17, 15) is 4.39 Å². The van der Waals surface area contributed by atoms with Crippen LogP contribution in [0.1, 0.15) is 22.9 Å². The van der Waals surface area contributed by atoms with Crippen LogP contribution in [0.5, 0.6) is 0 Å². The van der Waals surface area contributed by atoms with E-state index in [1.54, 1.807) is 12.1 Å². The largest absolute Gasteiger partial charge is 0.313 e. The van der Waals surface area contributed by atoms with Crippen LogP contribution < -0.4 is 5.32 Å². The fraction of sp³-hybridized carbons (Fsp3) is 0.412. The van der Waals surface area contributed by atoms with E-state index in [1.165, 1.54) is 10.9 Å². The molecule has 2 nitrogen and oxygen atoms in total. The van der Waals surface area contributed by atoms with Crippen molar-refractivity contribution >= 4 is 11.3 Å². The molecular formula is C17H23FN2S. The number of hydrogen-bond donors (Lipinski definition) is 1. The summed E-state index contributed by atoms with van der Waals surface area (Å²) in [6.07, 6.45) is 2.07. The Labute approximate surface area is 130 Å². The number of nitrogens with one attached hydrogen (secondary N) is 1. The topological polar surface area (TPSA) is 15.3 Å². The molecule has 1 aromatic heterocycles. The summed E-state index contributed by atoms with van der Waals surface area (Å²) in [6.45, 7) is 2.05. The minimum Gasteiger partial charge on any atom is -0.313 e. The van der Waals surface area contributed by atoms with Crippen molar-refractivity contribution in [2.75, 3.05) is 27.2 Å². The van der Waals surface area contributed by atoms with Crippen LogP contribution in [0.2, 0.25) is 0 Å². The van der Waals surface area contributed by atoms with E-state index in [0.29, 0.717) is 0 Å². The van der Waals surface area contributed by atoms with E-state index in [1.807, 2.05) is 24.5 Å². The minimum atomic E-state index is -0.168. The lowest BCUT2D eigenvalue weighted by Crippen LogP contribution is -2.27. The SMILES string of the molecule is CNC(CCN(C)CCc1cccs1)c1cccc(F)c1. The average molecular weight is 306 g/mol. The molecule has 114 valence electrons. The first-order chi connectivity index (χ1) is 10.2. The molecule has 2 rings (SSSR count). The van der Waals surface area contributed by atoms with Crippen molar-refractivity contribution < 1.29 is 4.39 Å². The normalized spacial score (nSPS) is 12.8. The summed E-state index contributed by atoms with van der Waals surface area (Å²) in [5, 5.41) is 5.40. The lowest BCUT2D eigenvalue weighted by molar-refractivity contribution is 0.315. The fourth-order valence-electron chi connectivity index (χ4n) is 2.42. The monoisotopic (exact) mass is 306 g/mol. The smallest absolute Gasteiger partial charge is 0.123 e. The highest BCUT2D eigenvalue weighted by Crippen LogP contribution is 2.18. The highest BCUT2D eigenvalue weighted by molar-refractivity contribution is 7.09. The van der Waals surface area contributed by atoms with E-state index >= 15 is 0 Å². The molecule has 1 N–H and O–H groups in total. The first-order valence-corrected chi connectivity index (χ1v) is 8.20. The maximum absolute atomic E-state index is 13.3. The van der Waals surface area contributed by atoms with Gasteiger partial charge >= 0.3 is 0 Å². The number of nitrogens with zero attached hydrogens (tertiary/aromatic N) is 1. The maximum atomic E-state index is 13.3. The summed E-state index contributed by atoms with van der Waals surface area (Å²) >= 11 is 1.81. The molecule has 1 aromatic carbocycles. The third kappa shape index (κ3) is 5.23. The Hall–Kier alpha value is -1.23. The van der Waals surface area contributed by atoms with Crippen LogP contribution >= 0.6 is 11.3 Å². The Bertz CT molecular complexity index is 527. The van der Waals surface area contributed by atoms with Crippen molar-refractivity contribution in [2.45, 2.75) is 18.9 Å². The number of likely N-dealkylation sites (N-methyl/N-ethyl adjacent to an activating group) is 1. The van der Waals surface area contributed by atoms with Crippen LogP contribution in [0, 0.1) is 5.82 Å². The van der Waals surface area contributed by atoms with Crippen molar-refractivity contribution in [3.8, 4) is 0 Å². The Balaban J connectivity index is 1.79. The molecule has 0 bridgehead atoms. The van der Waals surface area contributed by atoms with Crippen LogP contribution in [0.4, 0.5) is 4.39 Å². The zero-order valence-electron chi connectivity index (χ0n) is 12.7. The summed E-state index contributed by atoms with van der Waals surface area (Å²) in [6, 6.07) is 11.3. The quantitative estimate of drug-likeness (QED) is 0.800. The molecule has 0 saturated carbocycles. The van der Waals surface area contributed by atoms with Gasteiger partial charge in [0.2, 0.25) is 0 Å². The zero-order valence-corrected chi connectivity index (χ0v) is 13.5. The van der Waals surface area contributed by atoms with Gasteiger partial charge in [0.05, 0.1) is 0 Å². The number of halogens is 1. The van der Waals surface area contributed by atoms with Gasteiger partial charge in [0, 0.05) is 17.5 Å². The minimum absolute atomic E-state index is 0.168. The second kappa shape index (κ2) is 8.27. The van der Waals surface area contributed by atoms with Gasteiger partial charge in [-0.05, 0) is 62.6 Å². The summed E-state index contributed by atoms with van der Waals surface area (Å²) < 4.78 is 13.3. The summed E-state index contributed by atoms with van der Waals surface area (Å²) in [7, 11) is 4.08. The molecular weight excluding hydrogens is 283 g/mol. The zero-order chi connectivity index (χ0) is 15.1. The number of thiophene rings is 1. The second-order valence-corrected chi connectivity index (χ2v) is 6.35. The van der Waals surface area contributed by atoms with Crippen molar-refractivity contribution in [1.29, 1.82) is 0 Å². The first kappa shape index (κ1) is 16.1. The molecule has 1 heterocycles. The molecule has 1 unspecified atom stereocenters. The highest BCUT2D eigenvalue weighted by atomic mass is 32.1. The molecule has 0 radical (unpaired) electrons. The van der Waals surface area contributed by atoms with Crippen LogP contribution in [0.3, 0.4) is 0 Å². The highest BCUT2D eigenvalue weighted by Gasteiger charge is 2.11. The second-order valence-electron chi connectivity index (χ2n) is 5.32. The van der Waals surface area contributed by atoms with Crippen molar-refractivity contribution in [3.05, 3.63) is 58.0 Å². The molecule has 0 fully saturated rings. The van der Waals surface area contributed by atoms with Gasteiger partial charge in [-0.15, -0.1) is 11.3 Å². The molecule has 4 heteroatoms. The average Bonchev–Trinajstić information content (AvgIpc) is 2.99. The summed E-state index contributed by atoms with van der Waals surface area (Å²) in [4.78, 5) is 3.76. The van der Waals surface area contributed by atoms with Crippen LogP contribution in [-0.2, 0) is 6.42 Å². The summed E-state index contributed by atoms with van der Waals surface area (Å²) in [5.41, 5.74) is 1.02. The van der Waals surface area contributed by atoms with E-state index in [0.717, 1.165) is 31.5 Å². The maximum Gasteiger partial charge on any atom is 0.123 e. The van der Waals surface area contributed by atoms with Crippen LogP contribution in [-0.4, -0.2) is 32.1 Å². The van der Waals surface area contributed by atoms with Gasteiger partial charge in [0.15, 0.2) is 0 Å². The van der Waals surface area contributed by atoms with Gasteiger partial charge in [-0.25, -0.2) is 4.39 Å². The van der Waals surface area contributed by atoms with Crippen molar-refractivity contribution in [1.82, 2.24) is 10.2 Å². The van der Waals surface area contributed by atoms with E-state index in [4.69, 9.17) is 0 Å². The van der Waals surface area contributed by atoms with Gasteiger partial charge in [-0.3, -0.25) is 0 Å². The number of benzene rings is 1. The number of hydrogen-bond acceptors (Lipinski definition) is 3. The predicted molar refractivity (Wildman–Crippen MR) is 88.3 cm³/mol. The van der Waals surface area contributed by atoms with E-state index in [-0.39, 0.29) is 11.9 Å². The van der Waals surface area contributed by atoms with Gasteiger partial charge < -0.3 is 10.2 Å². The summed E-state index contributed by atoms with van der Waals surface area (Å²) in [5.74, 6) is -0.168. The molecule has 1 atom stereocenters. The molecule has 21 heavy (non-hydrogen) atoms. The fourth-order valence-corrected chi connectivity index (χ4v) is 3.12. The van der Waals surface area contributed by atoms with Crippen LogP contribution in [0.25, 0.3) is 0 Å². The lowest BCUT2D eigenvalue weighted by Gasteiger charge is -2.21. The Morgan fingerprint density at radius 2 is 2.10 bits per heavy atom. The van der Waals surface area contributed by atoms with Gasteiger partial charge in [0.1, 0.15) is 5.82 Å². The van der Waals surface area contributed by atoms with Gasteiger partial charge in [-0.2, -0.15) is 0 Å². The first-order valence-electron chi connectivity index (χ1n) is 7.32. The standard InChI is InChI=1S/C17H23FN2S/c1-19-17(14-5-3-6-15(18)13-14)9-11-20(2)10-8-16-7-4-12-21-16/h3-7,12-13,17,19H,8-11H2,1-2H3. The van der Waals surface area contributed by atoms with E-state index in [2.05, 4.69) is 34.8 Å². The molecule has 0 spiro atoms. The Kier molecular flexibility index (Phi) is 6.36. The molecule has 0 saturated heterocycles. The van der Waals surface area contributed by atoms with Crippen LogP contribution in [0.15, 0.2) is 41.8 Å².